The Hall–Kier alpha value is -0.730. The molecule has 0 spiro atoms. The predicted molar refractivity (Wildman–Crippen MR) is 45.2 cm³/mol. The molecule has 0 unspecified atom stereocenters. The van der Waals surface area contributed by atoms with Crippen molar-refractivity contribution in [3.63, 3.8) is 0 Å². The summed E-state index contributed by atoms with van der Waals surface area (Å²) in [6.07, 6.45) is 0. The number of hydrogen-bond donors (Lipinski definition) is 1. The first kappa shape index (κ1) is 8.37. The Balaban J connectivity index is 2.52. The summed E-state index contributed by atoms with van der Waals surface area (Å²) in [5.74, 6) is 0. The molecule has 11 heavy (non-hydrogen) atoms. The molecule has 2 nitrogen and oxygen atoms in total. The zero-order chi connectivity index (χ0) is 8.10. The number of nitrogens with zero attached hydrogens (tertiary/aromatic N) is 1. The van der Waals surface area contributed by atoms with Gasteiger partial charge in [0.05, 0.1) is 18.8 Å². The van der Waals surface area contributed by atoms with E-state index in [1.807, 2.05) is 12.1 Å². The number of aliphatic hydroxyl groups excluding tert-OH is 1. The zero-order valence-electron chi connectivity index (χ0n) is 6.00. The second-order valence-corrected chi connectivity index (χ2v) is 2.52. The number of hydrogen-bond acceptors (Lipinski definition) is 1. The van der Waals surface area contributed by atoms with E-state index in [2.05, 4.69) is 5.32 Å². The van der Waals surface area contributed by atoms with E-state index in [0.29, 0.717) is 11.6 Å². The highest BCUT2D eigenvalue weighted by Gasteiger charge is 1.91. The van der Waals surface area contributed by atoms with Crippen LogP contribution in [0.4, 0.5) is 5.69 Å². The minimum absolute atomic E-state index is 0.0859. The van der Waals surface area contributed by atoms with Crippen molar-refractivity contribution in [3.05, 3.63) is 29.3 Å². The van der Waals surface area contributed by atoms with E-state index in [1.165, 1.54) is 0 Å². The monoisotopic (exact) mass is 170 g/mol. The molecule has 0 aliphatic carbocycles. The fraction of sp³-hybridized carbons (Fsp3) is 0.250. The van der Waals surface area contributed by atoms with Gasteiger partial charge in [0.25, 0.3) is 0 Å². The third-order valence-electron chi connectivity index (χ3n) is 1.22. The maximum absolute atomic E-state index is 8.46. The summed E-state index contributed by atoms with van der Waals surface area (Å²) in [6, 6.07) is 7.19. The third kappa shape index (κ3) is 2.78. The van der Waals surface area contributed by atoms with Crippen LogP contribution >= 0.6 is 11.6 Å². The van der Waals surface area contributed by atoms with Gasteiger partial charge >= 0.3 is 0 Å². The van der Waals surface area contributed by atoms with E-state index in [0.717, 1.165) is 5.69 Å². The summed E-state index contributed by atoms with van der Waals surface area (Å²) in [6.45, 7) is 0.532. The highest BCUT2D eigenvalue weighted by molar-refractivity contribution is 6.30. The van der Waals surface area contributed by atoms with Crippen LogP contribution in [0.3, 0.4) is 0 Å². The van der Waals surface area contributed by atoms with Gasteiger partial charge in [0.15, 0.2) is 0 Å². The average Bonchev–Trinajstić information content (AvgIpc) is 2.04. The van der Waals surface area contributed by atoms with Gasteiger partial charge in [-0.3, -0.25) is 5.32 Å². The maximum Gasteiger partial charge on any atom is 0.0628 e. The number of benzene rings is 1. The van der Waals surface area contributed by atoms with E-state index >= 15 is 0 Å². The van der Waals surface area contributed by atoms with Crippen LogP contribution in [0.5, 0.6) is 0 Å². The minimum Gasteiger partial charge on any atom is -0.394 e. The molecule has 0 aliphatic heterocycles. The molecule has 3 heteroatoms. The SMILES string of the molecule is OCC[N]c1ccc(Cl)cc1. The molecule has 0 aliphatic rings. The van der Waals surface area contributed by atoms with Gasteiger partial charge in [0.1, 0.15) is 0 Å². The van der Waals surface area contributed by atoms with E-state index in [9.17, 15) is 0 Å². The molecule has 0 bridgehead atoms. The Labute approximate surface area is 70.8 Å². The number of rotatable bonds is 3. The lowest BCUT2D eigenvalue weighted by molar-refractivity contribution is 0.298. The molecule has 0 fully saturated rings. The van der Waals surface area contributed by atoms with Gasteiger partial charge in [0.2, 0.25) is 0 Å². The van der Waals surface area contributed by atoms with Crippen LogP contribution in [-0.4, -0.2) is 18.3 Å². The van der Waals surface area contributed by atoms with Gasteiger partial charge in [-0.1, -0.05) is 11.6 Å². The van der Waals surface area contributed by atoms with Crippen molar-refractivity contribution in [2.75, 3.05) is 13.2 Å². The summed E-state index contributed by atoms with van der Waals surface area (Å²) in [5, 5.41) is 13.2. The molecule has 1 rings (SSSR count). The first-order chi connectivity index (χ1) is 5.33. The third-order valence-corrected chi connectivity index (χ3v) is 1.47. The second kappa shape index (κ2) is 4.21. The molecule has 0 heterocycles. The van der Waals surface area contributed by atoms with E-state index < -0.39 is 0 Å². The summed E-state index contributed by atoms with van der Waals surface area (Å²) < 4.78 is 0. The van der Waals surface area contributed by atoms with E-state index in [4.69, 9.17) is 16.7 Å². The average molecular weight is 171 g/mol. The van der Waals surface area contributed by atoms with Crippen molar-refractivity contribution in [1.82, 2.24) is 5.32 Å². The second-order valence-electron chi connectivity index (χ2n) is 2.08. The Morgan fingerprint density at radius 1 is 1.27 bits per heavy atom. The Kier molecular flexibility index (Phi) is 3.20. The highest BCUT2D eigenvalue weighted by Crippen LogP contribution is 2.12. The van der Waals surface area contributed by atoms with Crippen LogP contribution in [0, 0.1) is 0 Å². The molecular weight excluding hydrogens is 162 g/mol. The lowest BCUT2D eigenvalue weighted by Gasteiger charge is -1.99. The van der Waals surface area contributed by atoms with Crippen molar-refractivity contribution in [1.29, 1.82) is 0 Å². The molecule has 0 amide bonds. The lowest BCUT2D eigenvalue weighted by Crippen LogP contribution is -2.03. The van der Waals surface area contributed by atoms with Gasteiger partial charge in [-0.05, 0) is 24.3 Å². The van der Waals surface area contributed by atoms with Crippen molar-refractivity contribution < 1.29 is 5.11 Å². The molecule has 0 saturated heterocycles. The first-order valence-corrected chi connectivity index (χ1v) is 3.74. The number of halogens is 1. The lowest BCUT2D eigenvalue weighted by atomic mass is 10.3. The molecule has 1 radical (unpaired) electrons. The first-order valence-electron chi connectivity index (χ1n) is 3.37. The van der Waals surface area contributed by atoms with Crippen LogP contribution in [0.15, 0.2) is 24.3 Å². The van der Waals surface area contributed by atoms with Crippen LogP contribution in [0.2, 0.25) is 5.02 Å². The highest BCUT2D eigenvalue weighted by atomic mass is 35.5. The van der Waals surface area contributed by atoms with Crippen molar-refractivity contribution >= 4 is 17.3 Å². The number of aliphatic hydroxyl groups is 1. The molecule has 0 saturated carbocycles. The van der Waals surface area contributed by atoms with Gasteiger partial charge in [-0.2, -0.15) is 0 Å². The fourth-order valence-corrected chi connectivity index (χ4v) is 0.852. The van der Waals surface area contributed by atoms with Gasteiger partial charge in [-0.25, -0.2) is 0 Å². The van der Waals surface area contributed by atoms with E-state index in [1.54, 1.807) is 12.1 Å². The maximum atomic E-state index is 8.46. The molecule has 0 atom stereocenters. The smallest absolute Gasteiger partial charge is 0.0628 e. The zero-order valence-corrected chi connectivity index (χ0v) is 6.75. The quantitative estimate of drug-likeness (QED) is 0.734. The van der Waals surface area contributed by atoms with Crippen molar-refractivity contribution in [3.8, 4) is 0 Å². The summed E-state index contributed by atoms with van der Waals surface area (Å²) >= 11 is 5.65. The standard InChI is InChI=1S/C8H9ClNO/c9-7-1-3-8(4-2-7)10-5-6-11/h1-4,11H,5-6H2. The van der Waals surface area contributed by atoms with Crippen LogP contribution < -0.4 is 5.32 Å². The van der Waals surface area contributed by atoms with Crippen LogP contribution in [0.1, 0.15) is 0 Å². The minimum atomic E-state index is 0.0859. The van der Waals surface area contributed by atoms with Crippen molar-refractivity contribution in [2.24, 2.45) is 0 Å². The molecular formula is C8H9ClNO. The molecule has 1 N–H and O–H groups in total. The summed E-state index contributed by atoms with van der Waals surface area (Å²) in [4.78, 5) is 0. The van der Waals surface area contributed by atoms with Gasteiger partial charge in [-0.15, -0.1) is 0 Å². The molecule has 0 aromatic heterocycles. The molecule has 59 valence electrons. The predicted octanol–water partition coefficient (Wildman–Crippen LogP) is 1.57. The van der Waals surface area contributed by atoms with Crippen molar-refractivity contribution in [2.45, 2.75) is 0 Å². The van der Waals surface area contributed by atoms with Crippen LogP contribution in [-0.2, 0) is 0 Å². The Morgan fingerprint density at radius 2 is 1.91 bits per heavy atom. The van der Waals surface area contributed by atoms with Crippen LogP contribution in [0.25, 0.3) is 0 Å². The fourth-order valence-electron chi connectivity index (χ4n) is 0.726. The summed E-state index contributed by atoms with van der Waals surface area (Å²) in [5.41, 5.74) is 0.850. The Bertz CT molecular complexity index is 210. The molecule has 1 aromatic carbocycles. The van der Waals surface area contributed by atoms with Gasteiger partial charge < -0.3 is 5.11 Å². The van der Waals surface area contributed by atoms with Gasteiger partial charge in [0, 0.05) is 5.02 Å². The normalized spacial score (nSPS) is 9.64. The topological polar surface area (TPSA) is 34.3 Å². The van der Waals surface area contributed by atoms with E-state index in [-0.39, 0.29) is 6.61 Å². The largest absolute Gasteiger partial charge is 0.394 e. The molecule has 1 aromatic rings. The Morgan fingerprint density at radius 3 is 2.45 bits per heavy atom. The summed E-state index contributed by atoms with van der Waals surface area (Å²) in [7, 11) is 0.